The van der Waals surface area contributed by atoms with Crippen LogP contribution in [0.2, 0.25) is 5.02 Å². The number of aromatic nitrogens is 1. The van der Waals surface area contributed by atoms with Crippen LogP contribution in [0, 0.1) is 0 Å². The molecule has 1 aromatic rings. The van der Waals surface area contributed by atoms with Crippen molar-refractivity contribution in [3.63, 3.8) is 0 Å². The molecular weight excluding hydrogens is 280 g/mol. The zero-order chi connectivity index (χ0) is 14.1. The third-order valence-electron chi connectivity index (χ3n) is 2.15. The minimum Gasteiger partial charge on any atom is -0.389 e. The summed E-state index contributed by atoms with van der Waals surface area (Å²) >= 11 is 5.58. The minimum absolute atomic E-state index is 0.0773. The second kappa shape index (κ2) is 5.00. The molecule has 0 bridgehead atoms. The largest absolute Gasteiger partial charge is 0.389 e. The van der Waals surface area contributed by atoms with Crippen molar-refractivity contribution in [2.75, 3.05) is 13.6 Å². The fourth-order valence-electron chi connectivity index (χ4n) is 1.40. The molecule has 0 fully saturated rings. The highest BCUT2D eigenvalue weighted by Gasteiger charge is 2.26. The molecule has 0 aliphatic carbocycles. The first-order chi connectivity index (χ1) is 8.04. The molecular formula is C10H15ClN2O4S. The molecule has 8 heteroatoms. The molecule has 0 saturated carbocycles. The van der Waals surface area contributed by atoms with Crippen LogP contribution in [0.5, 0.6) is 0 Å². The van der Waals surface area contributed by atoms with Gasteiger partial charge in [0.1, 0.15) is 5.02 Å². The summed E-state index contributed by atoms with van der Waals surface area (Å²) in [4.78, 5) is 13.2. The number of pyridine rings is 1. The van der Waals surface area contributed by atoms with E-state index in [0.29, 0.717) is 0 Å². The fraction of sp³-hybridized carbons (Fsp3) is 0.500. The van der Waals surface area contributed by atoms with E-state index in [4.69, 9.17) is 11.6 Å². The van der Waals surface area contributed by atoms with Crippen LogP contribution in [0.1, 0.15) is 13.8 Å². The Labute approximate surface area is 110 Å². The van der Waals surface area contributed by atoms with Crippen LogP contribution < -0.4 is 5.56 Å². The molecule has 0 unspecified atom stereocenters. The number of hydrogen-bond donors (Lipinski definition) is 2. The summed E-state index contributed by atoms with van der Waals surface area (Å²) in [5.41, 5.74) is -1.71. The lowest BCUT2D eigenvalue weighted by Crippen LogP contribution is -2.39. The van der Waals surface area contributed by atoms with Gasteiger partial charge >= 0.3 is 0 Å². The average Bonchev–Trinajstić information content (AvgIpc) is 2.19. The lowest BCUT2D eigenvalue weighted by atomic mass is 10.1. The summed E-state index contributed by atoms with van der Waals surface area (Å²) in [5, 5.41) is 9.41. The van der Waals surface area contributed by atoms with Gasteiger partial charge in [0.25, 0.3) is 5.56 Å². The highest BCUT2D eigenvalue weighted by Crippen LogP contribution is 2.17. The first-order valence-corrected chi connectivity index (χ1v) is 6.93. The van der Waals surface area contributed by atoms with Crippen molar-refractivity contribution < 1.29 is 13.5 Å². The van der Waals surface area contributed by atoms with E-state index in [-0.39, 0.29) is 16.5 Å². The summed E-state index contributed by atoms with van der Waals surface area (Å²) in [6.07, 6.45) is 1.07. The zero-order valence-corrected chi connectivity index (χ0v) is 11.8. The minimum atomic E-state index is -3.79. The van der Waals surface area contributed by atoms with Crippen molar-refractivity contribution in [1.82, 2.24) is 9.29 Å². The monoisotopic (exact) mass is 294 g/mol. The van der Waals surface area contributed by atoms with E-state index < -0.39 is 21.2 Å². The van der Waals surface area contributed by atoms with Gasteiger partial charge in [-0.1, -0.05) is 11.6 Å². The van der Waals surface area contributed by atoms with Gasteiger partial charge < -0.3 is 10.1 Å². The maximum absolute atomic E-state index is 12.1. The first kappa shape index (κ1) is 15.2. The molecule has 0 aliphatic heterocycles. The van der Waals surface area contributed by atoms with Gasteiger partial charge in [0.05, 0.1) is 10.5 Å². The van der Waals surface area contributed by atoms with E-state index in [1.54, 1.807) is 0 Å². The van der Waals surface area contributed by atoms with Gasteiger partial charge in [0.2, 0.25) is 10.0 Å². The van der Waals surface area contributed by atoms with E-state index in [9.17, 15) is 18.3 Å². The smallest absolute Gasteiger partial charge is 0.266 e. The number of sulfonamides is 1. The number of nitrogens with zero attached hydrogens (tertiary/aromatic N) is 1. The number of aliphatic hydroxyl groups is 1. The van der Waals surface area contributed by atoms with Crippen LogP contribution in [-0.2, 0) is 10.0 Å². The molecule has 0 atom stereocenters. The molecule has 0 amide bonds. The van der Waals surface area contributed by atoms with Gasteiger partial charge in [-0.05, 0) is 19.9 Å². The maximum atomic E-state index is 12.1. The topological polar surface area (TPSA) is 90.5 Å². The molecule has 1 rings (SSSR count). The highest BCUT2D eigenvalue weighted by atomic mass is 35.5. The Morgan fingerprint density at radius 1 is 1.50 bits per heavy atom. The summed E-state index contributed by atoms with van der Waals surface area (Å²) in [6.45, 7) is 2.92. The van der Waals surface area contributed by atoms with E-state index in [1.807, 2.05) is 0 Å². The summed E-state index contributed by atoms with van der Waals surface area (Å²) in [5.74, 6) is 0. The Balaban J connectivity index is 3.13. The Hall–Kier alpha value is -0.890. The predicted molar refractivity (Wildman–Crippen MR) is 68.2 cm³/mol. The number of likely N-dealkylation sites (N-methyl/N-ethyl adjacent to an activating group) is 1. The maximum Gasteiger partial charge on any atom is 0.266 e. The zero-order valence-electron chi connectivity index (χ0n) is 10.3. The number of hydrogen-bond acceptors (Lipinski definition) is 4. The molecule has 1 aromatic heterocycles. The molecule has 0 spiro atoms. The molecule has 6 nitrogen and oxygen atoms in total. The van der Waals surface area contributed by atoms with Crippen LogP contribution in [0.15, 0.2) is 22.0 Å². The molecule has 1 heterocycles. The molecule has 18 heavy (non-hydrogen) atoms. The molecule has 2 N–H and O–H groups in total. The van der Waals surface area contributed by atoms with Gasteiger partial charge in [0.15, 0.2) is 0 Å². The molecule has 0 saturated heterocycles. The van der Waals surface area contributed by atoms with Crippen molar-refractivity contribution in [3.05, 3.63) is 27.6 Å². The normalized spacial score (nSPS) is 13.0. The van der Waals surface area contributed by atoms with E-state index in [2.05, 4.69) is 4.98 Å². The Bertz CT molecular complexity index is 589. The van der Waals surface area contributed by atoms with Gasteiger partial charge in [-0.15, -0.1) is 0 Å². The number of H-pyrrole nitrogens is 1. The lowest BCUT2D eigenvalue weighted by molar-refractivity contribution is 0.0640. The third kappa shape index (κ3) is 3.55. The summed E-state index contributed by atoms with van der Waals surface area (Å²) in [6, 6.07) is 1.08. The van der Waals surface area contributed by atoms with Gasteiger partial charge in [0, 0.05) is 19.8 Å². The van der Waals surface area contributed by atoms with Crippen LogP contribution in [0.25, 0.3) is 0 Å². The van der Waals surface area contributed by atoms with Crippen molar-refractivity contribution in [2.45, 2.75) is 24.3 Å². The van der Waals surface area contributed by atoms with Gasteiger partial charge in [-0.2, -0.15) is 4.31 Å². The Kier molecular flexibility index (Phi) is 4.22. The fourth-order valence-corrected chi connectivity index (χ4v) is 2.95. The molecule has 102 valence electrons. The summed E-state index contributed by atoms with van der Waals surface area (Å²) < 4.78 is 25.2. The Morgan fingerprint density at radius 3 is 2.50 bits per heavy atom. The second-order valence-corrected chi connectivity index (χ2v) is 7.04. The van der Waals surface area contributed by atoms with E-state index >= 15 is 0 Å². The quantitative estimate of drug-likeness (QED) is 0.842. The number of rotatable bonds is 4. The lowest BCUT2D eigenvalue weighted by Gasteiger charge is -2.24. The average molecular weight is 295 g/mol. The molecule has 0 aliphatic rings. The van der Waals surface area contributed by atoms with Crippen molar-refractivity contribution in [3.8, 4) is 0 Å². The molecule has 0 aromatic carbocycles. The second-order valence-electron chi connectivity index (χ2n) is 4.59. The Morgan fingerprint density at radius 2 is 2.06 bits per heavy atom. The van der Waals surface area contributed by atoms with Crippen LogP contribution in [-0.4, -0.2) is 42.0 Å². The third-order valence-corrected chi connectivity index (χ3v) is 4.21. The number of aromatic amines is 1. The first-order valence-electron chi connectivity index (χ1n) is 5.11. The SMILES string of the molecule is CN(CC(C)(C)O)S(=O)(=O)c1c[nH]c(=O)c(Cl)c1. The standard InChI is InChI=1S/C10H15ClN2O4S/c1-10(2,15)6-13(3)18(16,17)7-4-8(11)9(14)12-5-7/h4-5,15H,6H2,1-3H3,(H,12,14). The van der Waals surface area contributed by atoms with Gasteiger partial charge in [-0.3, -0.25) is 4.79 Å². The highest BCUT2D eigenvalue weighted by molar-refractivity contribution is 7.89. The van der Waals surface area contributed by atoms with Crippen molar-refractivity contribution in [2.24, 2.45) is 0 Å². The van der Waals surface area contributed by atoms with Crippen molar-refractivity contribution in [1.29, 1.82) is 0 Å². The molecule has 0 radical (unpaired) electrons. The van der Waals surface area contributed by atoms with Crippen LogP contribution in [0.4, 0.5) is 0 Å². The van der Waals surface area contributed by atoms with E-state index in [0.717, 1.165) is 16.6 Å². The predicted octanol–water partition coefficient (Wildman–Crippen LogP) is 0.420. The summed E-state index contributed by atoms with van der Waals surface area (Å²) in [7, 11) is -2.45. The van der Waals surface area contributed by atoms with Crippen LogP contribution in [0.3, 0.4) is 0 Å². The number of nitrogens with one attached hydrogen (secondary N) is 1. The van der Waals surface area contributed by atoms with E-state index in [1.165, 1.54) is 20.9 Å². The van der Waals surface area contributed by atoms with Gasteiger partial charge in [-0.25, -0.2) is 8.42 Å². The van der Waals surface area contributed by atoms with Crippen LogP contribution >= 0.6 is 11.6 Å². The van der Waals surface area contributed by atoms with Crippen molar-refractivity contribution >= 4 is 21.6 Å². The number of halogens is 1.